The molecule has 0 unspecified atom stereocenters. The molecule has 1 aliphatic heterocycles. The summed E-state index contributed by atoms with van der Waals surface area (Å²) in [5.74, 6) is 0.725. The van der Waals surface area contributed by atoms with Crippen LogP contribution in [0.25, 0.3) is 22.2 Å². The number of hydrogen-bond donors (Lipinski definition) is 0. The van der Waals surface area contributed by atoms with Gasteiger partial charge in [-0.3, -0.25) is 13.9 Å². The number of benzene rings is 2. The molecule has 7 nitrogen and oxygen atoms in total. The minimum absolute atomic E-state index is 0.0174. The van der Waals surface area contributed by atoms with E-state index in [0.717, 1.165) is 28.3 Å². The average Bonchev–Trinajstić information content (AvgIpc) is 3.20. The van der Waals surface area contributed by atoms with Crippen molar-refractivity contribution < 1.29 is 9.47 Å². The van der Waals surface area contributed by atoms with Crippen LogP contribution < -0.4 is 16.0 Å². The van der Waals surface area contributed by atoms with Crippen LogP contribution in [0.4, 0.5) is 0 Å². The summed E-state index contributed by atoms with van der Waals surface area (Å²) >= 11 is 0. The van der Waals surface area contributed by atoms with Gasteiger partial charge in [0.15, 0.2) is 0 Å². The molecule has 4 aromatic rings. The van der Waals surface area contributed by atoms with Gasteiger partial charge in [-0.1, -0.05) is 48.5 Å². The van der Waals surface area contributed by atoms with Crippen molar-refractivity contribution in [2.45, 2.75) is 45.4 Å². The van der Waals surface area contributed by atoms with E-state index in [0.29, 0.717) is 17.5 Å². The Bertz CT molecular complexity index is 1540. The maximum absolute atomic E-state index is 13.7. The van der Waals surface area contributed by atoms with Gasteiger partial charge >= 0.3 is 5.69 Å². The lowest BCUT2D eigenvalue weighted by Gasteiger charge is -2.39. The van der Waals surface area contributed by atoms with Crippen LogP contribution in [0.1, 0.15) is 45.1 Å². The Labute approximate surface area is 204 Å². The van der Waals surface area contributed by atoms with Gasteiger partial charge in [0.2, 0.25) is 0 Å². The van der Waals surface area contributed by atoms with Crippen LogP contribution in [0.15, 0.2) is 64.2 Å². The van der Waals surface area contributed by atoms with Gasteiger partial charge in [0.25, 0.3) is 5.56 Å². The Hall–Kier alpha value is -3.58. The zero-order chi connectivity index (χ0) is 25.1. The molecule has 0 saturated heterocycles. The fourth-order valence-electron chi connectivity index (χ4n) is 5.16. The molecule has 0 amide bonds. The number of nitrogens with zero attached hydrogens (tertiary/aromatic N) is 3. The van der Waals surface area contributed by atoms with Crippen molar-refractivity contribution in [2.75, 3.05) is 6.61 Å². The average molecular weight is 474 g/mol. The Balaban J connectivity index is 1.97. The largest absolute Gasteiger partial charge is 0.491 e. The van der Waals surface area contributed by atoms with Crippen molar-refractivity contribution in [2.24, 2.45) is 14.1 Å². The summed E-state index contributed by atoms with van der Waals surface area (Å²) in [4.78, 5) is 26.8. The minimum atomic E-state index is -0.518. The lowest BCUT2D eigenvalue weighted by Crippen LogP contribution is -2.40. The molecule has 0 radical (unpaired) electrons. The molecule has 7 heteroatoms. The summed E-state index contributed by atoms with van der Waals surface area (Å²) in [5, 5.41) is 0.515. The van der Waals surface area contributed by atoms with Gasteiger partial charge < -0.3 is 14.0 Å². The zero-order valence-electron chi connectivity index (χ0n) is 21.0. The first-order valence-electron chi connectivity index (χ1n) is 11.9. The Kier molecular flexibility index (Phi) is 5.48. The third-order valence-electron chi connectivity index (χ3n) is 6.68. The highest BCUT2D eigenvalue weighted by atomic mass is 16.5. The van der Waals surface area contributed by atoms with E-state index < -0.39 is 11.6 Å². The first-order valence-corrected chi connectivity index (χ1v) is 11.9. The Morgan fingerprint density at radius 2 is 1.63 bits per heavy atom. The van der Waals surface area contributed by atoms with Crippen molar-refractivity contribution in [3.05, 3.63) is 86.7 Å². The smallest absolute Gasteiger partial charge is 0.331 e. The van der Waals surface area contributed by atoms with E-state index >= 15 is 0 Å². The molecule has 182 valence electrons. The molecule has 0 aliphatic carbocycles. The van der Waals surface area contributed by atoms with Crippen molar-refractivity contribution >= 4 is 10.9 Å². The molecule has 5 rings (SSSR count). The molecule has 0 bridgehead atoms. The van der Waals surface area contributed by atoms with E-state index in [-0.39, 0.29) is 17.4 Å². The van der Waals surface area contributed by atoms with Crippen molar-refractivity contribution in [3.8, 4) is 17.0 Å². The highest BCUT2D eigenvalue weighted by molar-refractivity contribution is 5.96. The third-order valence-corrected chi connectivity index (χ3v) is 6.68. The van der Waals surface area contributed by atoms with E-state index in [1.807, 2.05) is 68.4 Å². The maximum atomic E-state index is 13.7. The number of aryl methyl sites for hydroxylation is 1. The van der Waals surface area contributed by atoms with E-state index in [9.17, 15) is 9.59 Å². The summed E-state index contributed by atoms with van der Waals surface area (Å²) in [6.07, 6.45) is -0.535. The van der Waals surface area contributed by atoms with Gasteiger partial charge in [-0.2, -0.15) is 0 Å². The molecule has 2 aromatic heterocycles. The van der Waals surface area contributed by atoms with Crippen LogP contribution in [-0.4, -0.2) is 26.4 Å². The number of ether oxygens (including phenoxy) is 2. The second kappa shape index (κ2) is 8.27. The highest BCUT2D eigenvalue weighted by Gasteiger charge is 2.41. The second-order valence-electron chi connectivity index (χ2n) is 10.1. The third kappa shape index (κ3) is 3.53. The second-order valence-corrected chi connectivity index (χ2v) is 10.1. The van der Waals surface area contributed by atoms with Crippen LogP contribution in [0.3, 0.4) is 0 Å². The maximum Gasteiger partial charge on any atom is 0.331 e. The van der Waals surface area contributed by atoms with E-state index in [2.05, 4.69) is 18.4 Å². The van der Waals surface area contributed by atoms with Crippen LogP contribution in [0.5, 0.6) is 5.75 Å². The number of para-hydroxylation sites is 1. The van der Waals surface area contributed by atoms with E-state index in [1.54, 1.807) is 11.6 Å². The van der Waals surface area contributed by atoms with Gasteiger partial charge in [-0.25, -0.2) is 4.79 Å². The zero-order valence-corrected chi connectivity index (χ0v) is 21.0. The van der Waals surface area contributed by atoms with Gasteiger partial charge in [-0.15, -0.1) is 0 Å². The number of rotatable bonds is 4. The number of hydrogen-bond acceptors (Lipinski definition) is 4. The van der Waals surface area contributed by atoms with Crippen LogP contribution in [0, 0.1) is 0 Å². The van der Waals surface area contributed by atoms with Crippen LogP contribution >= 0.6 is 0 Å². The fourth-order valence-corrected chi connectivity index (χ4v) is 5.16. The summed E-state index contributed by atoms with van der Waals surface area (Å²) in [6.45, 7) is 8.59. The summed E-state index contributed by atoms with van der Waals surface area (Å²) in [7, 11) is 3.25. The lowest BCUT2D eigenvalue weighted by atomic mass is 9.97. The molecular weight excluding hydrogens is 442 g/mol. The number of aromatic nitrogens is 3. The van der Waals surface area contributed by atoms with Gasteiger partial charge in [-0.05, 0) is 39.3 Å². The summed E-state index contributed by atoms with van der Waals surface area (Å²) < 4.78 is 17.6. The SMILES string of the molecule is CC(C)Oc1ccccc1[C@H]1OCC(C)(C)n2c(-c3ccccc3)c3c(=O)n(C)c(=O)n(C)c3c21. The van der Waals surface area contributed by atoms with Crippen molar-refractivity contribution in [1.82, 2.24) is 13.7 Å². The standard InChI is InChI=1S/C28H31N3O4/c1-17(2)35-20-15-11-10-14-19(20)25-24-23-21(26(32)30(6)27(33)29(23)5)22(18-12-8-7-9-13-18)31(24)28(3,4)16-34-25/h7-15,17,25H,16H2,1-6H3/t25-/m1/s1. The molecule has 2 aromatic carbocycles. The van der Waals surface area contributed by atoms with E-state index in [4.69, 9.17) is 9.47 Å². The molecule has 0 spiro atoms. The van der Waals surface area contributed by atoms with Crippen molar-refractivity contribution in [1.29, 1.82) is 0 Å². The van der Waals surface area contributed by atoms with Gasteiger partial charge in [0.05, 0.1) is 40.5 Å². The predicted molar refractivity (Wildman–Crippen MR) is 137 cm³/mol. The molecule has 35 heavy (non-hydrogen) atoms. The topological polar surface area (TPSA) is 67.4 Å². The van der Waals surface area contributed by atoms with Crippen LogP contribution in [0.2, 0.25) is 0 Å². The molecule has 3 heterocycles. The fraction of sp³-hybridized carbons (Fsp3) is 0.357. The molecule has 0 fully saturated rings. The van der Waals surface area contributed by atoms with Gasteiger partial charge in [0, 0.05) is 19.7 Å². The van der Waals surface area contributed by atoms with Crippen LogP contribution in [-0.2, 0) is 24.4 Å². The van der Waals surface area contributed by atoms with E-state index in [1.165, 1.54) is 11.6 Å². The lowest BCUT2D eigenvalue weighted by molar-refractivity contribution is -0.00852. The monoisotopic (exact) mass is 473 g/mol. The summed E-state index contributed by atoms with van der Waals surface area (Å²) in [6, 6.07) is 17.7. The quantitative estimate of drug-likeness (QED) is 0.442. The predicted octanol–water partition coefficient (Wildman–Crippen LogP) is 4.35. The minimum Gasteiger partial charge on any atom is -0.491 e. The normalized spacial score (nSPS) is 17.1. The Morgan fingerprint density at radius 3 is 2.31 bits per heavy atom. The Morgan fingerprint density at radius 1 is 0.971 bits per heavy atom. The first kappa shape index (κ1) is 23.2. The van der Waals surface area contributed by atoms with Crippen molar-refractivity contribution in [3.63, 3.8) is 0 Å². The highest BCUT2D eigenvalue weighted by Crippen LogP contribution is 2.47. The molecule has 1 atom stereocenters. The number of fused-ring (bicyclic) bond motifs is 3. The first-order chi connectivity index (χ1) is 16.6. The summed E-state index contributed by atoms with van der Waals surface area (Å²) in [5.41, 5.74) is 2.80. The van der Waals surface area contributed by atoms with Gasteiger partial charge in [0.1, 0.15) is 11.9 Å². The molecular formula is C28H31N3O4. The molecule has 0 saturated carbocycles. The molecule has 1 aliphatic rings. The molecule has 0 N–H and O–H groups in total.